The summed E-state index contributed by atoms with van der Waals surface area (Å²) in [5.74, 6) is 2.35. The predicted octanol–water partition coefficient (Wildman–Crippen LogP) is 8.93. The van der Waals surface area contributed by atoms with Gasteiger partial charge < -0.3 is 23.6 Å². The monoisotopic (exact) mass is 583 g/mol. The Kier molecular flexibility index (Phi) is 7.17. The van der Waals surface area contributed by atoms with E-state index in [-0.39, 0.29) is 0 Å². The molecule has 1 spiro atoms. The highest BCUT2D eigenvalue weighted by molar-refractivity contribution is 6.58. The molecule has 3 aliphatic heterocycles. The third-order valence-corrected chi connectivity index (χ3v) is 8.58. The molecule has 0 saturated heterocycles. The fourth-order valence-electron chi connectivity index (χ4n) is 6.61. The Labute approximate surface area is 258 Å². The summed E-state index contributed by atoms with van der Waals surface area (Å²) in [5.41, 5.74) is 10.8. The lowest BCUT2D eigenvalue weighted by atomic mass is 9.94. The number of nitrogens with zero attached hydrogens (tertiary/aromatic N) is 1. The fraction of sp³-hybridized carbons (Fsp3) is 0.216. The van der Waals surface area contributed by atoms with E-state index in [4.69, 9.17) is 23.6 Å². The van der Waals surface area contributed by atoms with Crippen LogP contribution in [0.25, 0.3) is 17.0 Å². The standard InChI is InChI=1S/C37H36BN2O4/c1-5-26-28(7-3)36(39-34(26)24-17-11-9-12-18-24)32-23-33(44-38(43-32)41-30-21-15-16-22-31(30)42-38)37-29(8-4)27(6-2)35(40-37)25-19-13-10-14-20-25/h9-23,39H,5-8H2,1-4H3/q-1. The maximum Gasteiger partial charge on any atom is 0.777 e. The number of H-pyrrole nitrogens is 1. The molecule has 44 heavy (non-hydrogen) atoms. The van der Waals surface area contributed by atoms with Gasteiger partial charge in [0.2, 0.25) is 0 Å². The van der Waals surface area contributed by atoms with Crippen LogP contribution in [0.1, 0.15) is 62.9 Å². The van der Waals surface area contributed by atoms with E-state index in [0.717, 1.165) is 65.2 Å². The minimum Gasteiger partial charge on any atom is -0.610 e. The third kappa shape index (κ3) is 4.64. The van der Waals surface area contributed by atoms with Gasteiger partial charge in [0.05, 0.1) is 11.4 Å². The largest absolute Gasteiger partial charge is 0.777 e. The topological polar surface area (TPSA) is 65.1 Å². The summed E-state index contributed by atoms with van der Waals surface area (Å²) in [6, 6.07) is 28.3. The van der Waals surface area contributed by atoms with Crippen LogP contribution in [-0.2, 0) is 22.2 Å². The van der Waals surface area contributed by atoms with Crippen LogP contribution in [0.15, 0.2) is 119 Å². The highest BCUT2D eigenvalue weighted by Crippen LogP contribution is 2.46. The lowest BCUT2D eigenvalue weighted by molar-refractivity contribution is 0.129. The molecule has 4 heterocycles. The molecule has 0 saturated carbocycles. The van der Waals surface area contributed by atoms with E-state index in [2.05, 4.69) is 69.1 Å². The number of rotatable bonds is 7. The summed E-state index contributed by atoms with van der Waals surface area (Å²) >= 11 is 0. The first-order valence-electron chi connectivity index (χ1n) is 15.7. The molecule has 0 unspecified atom stereocenters. The number of hydrogen-bond donors (Lipinski definition) is 1. The highest BCUT2D eigenvalue weighted by atomic mass is 16.9. The number of allylic oxidation sites excluding steroid dienone is 3. The Balaban J connectivity index is 1.44. The number of hydrogen-bond acceptors (Lipinski definition) is 5. The molecule has 3 aromatic carbocycles. The van der Waals surface area contributed by atoms with Gasteiger partial charge in [0.15, 0.2) is 0 Å². The van der Waals surface area contributed by atoms with Crippen LogP contribution in [0.4, 0.5) is 0 Å². The van der Waals surface area contributed by atoms with Crippen LogP contribution in [0.5, 0.6) is 11.5 Å². The fourth-order valence-corrected chi connectivity index (χ4v) is 6.61. The first kappa shape index (κ1) is 27.9. The van der Waals surface area contributed by atoms with Crippen molar-refractivity contribution >= 4 is 18.4 Å². The van der Waals surface area contributed by atoms with Gasteiger partial charge in [0.25, 0.3) is 0 Å². The number of aromatic amines is 1. The molecule has 4 aromatic rings. The van der Waals surface area contributed by atoms with Crippen LogP contribution in [0, 0.1) is 0 Å². The minimum atomic E-state index is -2.69. The van der Waals surface area contributed by atoms with Crippen molar-refractivity contribution in [3.8, 4) is 22.8 Å². The van der Waals surface area contributed by atoms with Crippen molar-refractivity contribution in [1.82, 2.24) is 4.98 Å². The lowest BCUT2D eigenvalue weighted by Crippen LogP contribution is -2.52. The molecule has 1 N–H and O–H groups in total. The predicted molar refractivity (Wildman–Crippen MR) is 176 cm³/mol. The smallest absolute Gasteiger partial charge is 0.610 e. The summed E-state index contributed by atoms with van der Waals surface area (Å²) in [6.07, 6.45) is 5.32. The van der Waals surface area contributed by atoms with E-state index in [9.17, 15) is 0 Å². The average molecular weight is 584 g/mol. The van der Waals surface area contributed by atoms with Crippen LogP contribution in [-0.4, -0.2) is 17.7 Å². The molecule has 3 aliphatic rings. The van der Waals surface area contributed by atoms with E-state index in [1.165, 1.54) is 16.7 Å². The van der Waals surface area contributed by atoms with E-state index < -0.39 is 6.96 Å². The molecule has 0 fully saturated rings. The van der Waals surface area contributed by atoms with Gasteiger partial charge in [-0.25, -0.2) is 4.99 Å². The molecule has 0 radical (unpaired) electrons. The van der Waals surface area contributed by atoms with Gasteiger partial charge in [0.1, 0.15) is 28.7 Å². The first-order valence-corrected chi connectivity index (χ1v) is 15.7. The second-order valence-corrected chi connectivity index (χ2v) is 11.1. The van der Waals surface area contributed by atoms with Crippen LogP contribution in [0.3, 0.4) is 0 Å². The van der Waals surface area contributed by atoms with E-state index in [0.29, 0.717) is 23.0 Å². The molecule has 7 rings (SSSR count). The van der Waals surface area contributed by atoms with Gasteiger partial charge in [-0.2, -0.15) is 0 Å². The summed E-state index contributed by atoms with van der Waals surface area (Å²) in [6.45, 7) is 6.02. The van der Waals surface area contributed by atoms with Crippen LogP contribution < -0.4 is 9.31 Å². The Hall–Kier alpha value is -4.91. The molecule has 0 amide bonds. The Morgan fingerprint density at radius 3 is 1.75 bits per heavy atom. The number of fused-ring (bicyclic) bond motifs is 1. The number of aliphatic imine (C=N–C) groups is 1. The zero-order valence-electron chi connectivity index (χ0n) is 25.6. The minimum absolute atomic E-state index is 0.573. The zero-order valence-corrected chi connectivity index (χ0v) is 25.6. The molecule has 0 aliphatic carbocycles. The molecule has 6 nitrogen and oxygen atoms in total. The Morgan fingerprint density at radius 1 is 0.591 bits per heavy atom. The number of aromatic nitrogens is 1. The van der Waals surface area contributed by atoms with E-state index in [1.807, 2.05) is 54.6 Å². The maximum atomic E-state index is 6.64. The summed E-state index contributed by atoms with van der Waals surface area (Å²) in [5, 5.41) is 0. The Morgan fingerprint density at radius 2 is 1.16 bits per heavy atom. The van der Waals surface area contributed by atoms with Crippen molar-refractivity contribution in [1.29, 1.82) is 0 Å². The quantitative estimate of drug-likeness (QED) is 0.221. The van der Waals surface area contributed by atoms with Crippen molar-refractivity contribution in [2.75, 3.05) is 0 Å². The maximum absolute atomic E-state index is 6.64. The van der Waals surface area contributed by atoms with E-state index in [1.54, 1.807) is 0 Å². The highest BCUT2D eigenvalue weighted by Gasteiger charge is 2.51. The van der Waals surface area contributed by atoms with Crippen molar-refractivity contribution in [2.45, 2.75) is 53.4 Å². The van der Waals surface area contributed by atoms with Crippen molar-refractivity contribution < 1.29 is 18.6 Å². The molecular formula is C37H36BN2O4-. The van der Waals surface area contributed by atoms with Crippen LogP contribution >= 0.6 is 0 Å². The number of benzene rings is 3. The van der Waals surface area contributed by atoms with Gasteiger partial charge in [-0.05, 0) is 65.7 Å². The van der Waals surface area contributed by atoms with Gasteiger partial charge in [-0.3, -0.25) is 0 Å². The second-order valence-electron chi connectivity index (χ2n) is 11.1. The SMILES string of the molecule is CCC1=C(CC)C(=C2C=C(c3[nH]c(-c4ccccc4)c(CC)c3CC)O[B-]3(O2)Oc2ccccc2O3)N=C1c1ccccc1. The molecule has 1 aromatic heterocycles. The lowest BCUT2D eigenvalue weighted by Gasteiger charge is -2.40. The van der Waals surface area contributed by atoms with Gasteiger partial charge >= 0.3 is 6.96 Å². The summed E-state index contributed by atoms with van der Waals surface area (Å²) in [7, 11) is 0. The molecule has 0 bridgehead atoms. The normalized spacial score (nSPS) is 18.3. The molecule has 222 valence electrons. The summed E-state index contributed by atoms with van der Waals surface area (Å²) < 4.78 is 26.0. The van der Waals surface area contributed by atoms with Crippen LogP contribution in [0.2, 0.25) is 0 Å². The van der Waals surface area contributed by atoms with Gasteiger partial charge in [-0.15, -0.1) is 0 Å². The van der Waals surface area contributed by atoms with Crippen molar-refractivity contribution in [3.63, 3.8) is 0 Å². The van der Waals surface area contributed by atoms with E-state index >= 15 is 0 Å². The number of para-hydroxylation sites is 2. The first-order chi connectivity index (χ1) is 21.6. The average Bonchev–Trinajstić information content (AvgIpc) is 3.75. The van der Waals surface area contributed by atoms with Gasteiger partial charge in [-0.1, -0.05) is 100 Å². The zero-order chi connectivity index (χ0) is 30.3. The summed E-state index contributed by atoms with van der Waals surface area (Å²) in [4.78, 5) is 8.97. The van der Waals surface area contributed by atoms with Crippen molar-refractivity contribution in [3.05, 3.63) is 136 Å². The molecule has 0 atom stereocenters. The molecule has 7 heteroatoms. The van der Waals surface area contributed by atoms with Gasteiger partial charge in [0, 0.05) is 17.3 Å². The van der Waals surface area contributed by atoms with Crippen molar-refractivity contribution in [2.24, 2.45) is 4.99 Å². The number of nitrogens with one attached hydrogen (secondary N) is 1. The Bertz CT molecular complexity index is 1830. The third-order valence-electron chi connectivity index (χ3n) is 8.58. The molecular weight excluding hydrogens is 547 g/mol. The second kappa shape index (κ2) is 11.3.